The van der Waals surface area contributed by atoms with Gasteiger partial charge in [-0.3, -0.25) is 0 Å². The van der Waals surface area contributed by atoms with Crippen LogP contribution < -0.4 is 5.32 Å². The van der Waals surface area contributed by atoms with Gasteiger partial charge in [0.25, 0.3) is 0 Å². The molecule has 0 aromatic carbocycles. The van der Waals surface area contributed by atoms with E-state index in [1.165, 1.54) is 18.4 Å². The van der Waals surface area contributed by atoms with E-state index in [2.05, 4.69) is 20.3 Å². The fourth-order valence-electron chi connectivity index (χ4n) is 0.825. The highest BCUT2D eigenvalue weighted by Crippen LogP contribution is 2.14. The van der Waals surface area contributed by atoms with Crippen molar-refractivity contribution in [3.05, 3.63) is 5.01 Å². The molecule has 0 saturated carbocycles. The Morgan fingerprint density at radius 3 is 2.86 bits per heavy atom. The number of aliphatic hydroxyl groups is 1. The lowest BCUT2D eigenvalue weighted by Crippen LogP contribution is -2.33. The molecule has 0 aliphatic rings. The van der Waals surface area contributed by atoms with E-state index in [1.807, 2.05) is 0 Å². The second-order valence-electron chi connectivity index (χ2n) is 2.53. The fourth-order valence-corrected chi connectivity index (χ4v) is 1.47. The van der Waals surface area contributed by atoms with E-state index in [0.717, 1.165) is 5.01 Å². The van der Waals surface area contributed by atoms with Crippen molar-refractivity contribution in [2.24, 2.45) is 0 Å². The Bertz CT molecular complexity index is 315. The van der Waals surface area contributed by atoms with Crippen LogP contribution in [0.25, 0.3) is 0 Å². The monoisotopic (exact) mass is 217 g/mol. The predicted octanol–water partition coefficient (Wildman–Crippen LogP) is -0.208. The summed E-state index contributed by atoms with van der Waals surface area (Å²) in [5.74, 6) is -0.527. The van der Waals surface area contributed by atoms with Gasteiger partial charge in [-0.15, -0.1) is 10.2 Å². The summed E-state index contributed by atoms with van der Waals surface area (Å²) in [6.45, 7) is 1.46. The number of esters is 1. The van der Waals surface area contributed by atoms with Gasteiger partial charge in [0.1, 0.15) is 11.0 Å². The summed E-state index contributed by atoms with van der Waals surface area (Å²) in [6.07, 6.45) is 0. The standard InChI is InChI=1S/C7H11N3O3S/c1-4-9-10-7(14-4)8-5(3-11)6(12)13-2/h5,11H,3H2,1-2H3,(H,8,10). The molecule has 1 rings (SSSR count). The number of anilines is 1. The third kappa shape index (κ3) is 2.64. The fraction of sp³-hybridized carbons (Fsp3) is 0.571. The minimum atomic E-state index is -0.785. The summed E-state index contributed by atoms with van der Waals surface area (Å²) in [7, 11) is 1.26. The average molecular weight is 217 g/mol. The van der Waals surface area contributed by atoms with Crippen LogP contribution in [-0.2, 0) is 9.53 Å². The number of aryl methyl sites for hydroxylation is 1. The van der Waals surface area contributed by atoms with Crippen molar-refractivity contribution < 1.29 is 14.6 Å². The summed E-state index contributed by atoms with van der Waals surface area (Å²) < 4.78 is 4.48. The molecule has 1 unspecified atom stereocenters. The van der Waals surface area contributed by atoms with Crippen molar-refractivity contribution in [3.8, 4) is 0 Å². The minimum Gasteiger partial charge on any atom is -0.467 e. The molecular weight excluding hydrogens is 206 g/mol. The van der Waals surface area contributed by atoms with Gasteiger partial charge in [0.05, 0.1) is 13.7 Å². The first-order chi connectivity index (χ1) is 6.67. The number of hydrogen-bond donors (Lipinski definition) is 2. The molecule has 0 aliphatic heterocycles. The van der Waals surface area contributed by atoms with Crippen LogP contribution in [0.2, 0.25) is 0 Å². The molecule has 1 aromatic heterocycles. The number of methoxy groups -OCH3 is 1. The van der Waals surface area contributed by atoms with Gasteiger partial charge in [0, 0.05) is 0 Å². The Kier molecular flexibility index (Phi) is 3.78. The van der Waals surface area contributed by atoms with Gasteiger partial charge in [-0.2, -0.15) is 0 Å². The van der Waals surface area contributed by atoms with Crippen molar-refractivity contribution in [1.82, 2.24) is 10.2 Å². The van der Waals surface area contributed by atoms with Crippen LogP contribution in [0.3, 0.4) is 0 Å². The number of hydrogen-bond acceptors (Lipinski definition) is 7. The van der Waals surface area contributed by atoms with Gasteiger partial charge in [-0.1, -0.05) is 11.3 Å². The zero-order valence-electron chi connectivity index (χ0n) is 7.85. The molecule has 0 saturated heterocycles. The number of carbonyl (C=O) groups excluding carboxylic acids is 1. The van der Waals surface area contributed by atoms with E-state index in [4.69, 9.17) is 5.11 Å². The van der Waals surface area contributed by atoms with Gasteiger partial charge in [-0.05, 0) is 6.92 Å². The summed E-state index contributed by atoms with van der Waals surface area (Å²) >= 11 is 1.31. The third-order valence-corrected chi connectivity index (χ3v) is 2.26. The normalized spacial score (nSPS) is 12.2. The van der Waals surface area contributed by atoms with E-state index >= 15 is 0 Å². The topological polar surface area (TPSA) is 84.3 Å². The molecule has 0 bridgehead atoms. The Morgan fingerprint density at radius 1 is 1.71 bits per heavy atom. The highest BCUT2D eigenvalue weighted by molar-refractivity contribution is 7.15. The zero-order chi connectivity index (χ0) is 10.6. The van der Waals surface area contributed by atoms with Crippen molar-refractivity contribution in [1.29, 1.82) is 0 Å². The number of rotatable bonds is 4. The molecule has 1 atom stereocenters. The van der Waals surface area contributed by atoms with Crippen LogP contribution in [-0.4, -0.2) is 41.0 Å². The van der Waals surface area contributed by atoms with Crippen molar-refractivity contribution in [2.45, 2.75) is 13.0 Å². The van der Waals surface area contributed by atoms with Gasteiger partial charge in [-0.25, -0.2) is 4.79 Å². The molecule has 78 valence electrons. The first-order valence-corrected chi connectivity index (χ1v) is 4.74. The Labute approximate surface area is 84.9 Å². The number of nitrogens with zero attached hydrogens (tertiary/aromatic N) is 2. The molecule has 0 amide bonds. The molecule has 0 radical (unpaired) electrons. The molecule has 0 fully saturated rings. The predicted molar refractivity (Wildman–Crippen MR) is 51.2 cm³/mol. The first-order valence-electron chi connectivity index (χ1n) is 3.92. The van der Waals surface area contributed by atoms with Crippen LogP contribution >= 0.6 is 11.3 Å². The largest absolute Gasteiger partial charge is 0.467 e. The molecule has 7 heteroatoms. The maximum Gasteiger partial charge on any atom is 0.330 e. The number of carbonyl (C=O) groups is 1. The lowest BCUT2D eigenvalue weighted by molar-refractivity contribution is -0.142. The number of nitrogens with one attached hydrogen (secondary N) is 1. The summed E-state index contributed by atoms with van der Waals surface area (Å²) in [5, 5.41) is 20.4. The van der Waals surface area contributed by atoms with E-state index < -0.39 is 12.0 Å². The van der Waals surface area contributed by atoms with Crippen LogP contribution in [0.15, 0.2) is 0 Å². The minimum absolute atomic E-state index is 0.342. The average Bonchev–Trinajstić information content (AvgIpc) is 2.59. The summed E-state index contributed by atoms with van der Waals surface area (Å²) in [6, 6.07) is -0.785. The quantitative estimate of drug-likeness (QED) is 0.679. The van der Waals surface area contributed by atoms with E-state index in [-0.39, 0.29) is 6.61 Å². The van der Waals surface area contributed by atoms with Crippen LogP contribution in [0.5, 0.6) is 0 Å². The molecule has 0 spiro atoms. The molecule has 1 aromatic rings. The van der Waals surface area contributed by atoms with E-state index in [9.17, 15) is 4.79 Å². The van der Waals surface area contributed by atoms with Crippen molar-refractivity contribution >= 4 is 22.4 Å². The number of aromatic nitrogens is 2. The Morgan fingerprint density at radius 2 is 2.43 bits per heavy atom. The number of aliphatic hydroxyl groups excluding tert-OH is 1. The Hall–Kier alpha value is -1.21. The summed E-state index contributed by atoms with van der Waals surface area (Å²) in [5.41, 5.74) is 0. The van der Waals surface area contributed by atoms with Gasteiger partial charge in [0.15, 0.2) is 0 Å². The molecule has 2 N–H and O–H groups in total. The van der Waals surface area contributed by atoms with Crippen LogP contribution in [0.1, 0.15) is 5.01 Å². The Balaban J connectivity index is 2.61. The molecule has 14 heavy (non-hydrogen) atoms. The van der Waals surface area contributed by atoms with E-state index in [1.54, 1.807) is 6.92 Å². The highest BCUT2D eigenvalue weighted by Gasteiger charge is 2.18. The maximum atomic E-state index is 11.1. The second-order valence-corrected chi connectivity index (χ2v) is 3.71. The van der Waals surface area contributed by atoms with E-state index in [0.29, 0.717) is 5.13 Å². The first kappa shape index (κ1) is 10.9. The maximum absolute atomic E-state index is 11.1. The second kappa shape index (κ2) is 4.87. The highest BCUT2D eigenvalue weighted by atomic mass is 32.1. The van der Waals surface area contributed by atoms with Crippen molar-refractivity contribution in [3.63, 3.8) is 0 Å². The molecule has 1 heterocycles. The molecule has 0 aliphatic carbocycles. The van der Waals surface area contributed by atoms with Crippen LogP contribution in [0.4, 0.5) is 5.13 Å². The van der Waals surface area contributed by atoms with Crippen molar-refractivity contribution in [2.75, 3.05) is 19.0 Å². The zero-order valence-corrected chi connectivity index (χ0v) is 8.67. The number of ether oxygens (including phenoxy) is 1. The molecular formula is C7H11N3O3S. The van der Waals surface area contributed by atoms with Gasteiger partial charge >= 0.3 is 5.97 Å². The lowest BCUT2D eigenvalue weighted by Gasteiger charge is -2.11. The summed E-state index contributed by atoms with van der Waals surface area (Å²) in [4.78, 5) is 11.1. The van der Waals surface area contributed by atoms with Gasteiger partial charge < -0.3 is 15.2 Å². The third-order valence-electron chi connectivity index (χ3n) is 1.49. The molecule has 6 nitrogen and oxygen atoms in total. The van der Waals surface area contributed by atoms with Gasteiger partial charge in [0.2, 0.25) is 5.13 Å². The SMILES string of the molecule is COC(=O)C(CO)Nc1nnc(C)s1. The lowest BCUT2D eigenvalue weighted by atomic mass is 10.3. The smallest absolute Gasteiger partial charge is 0.330 e. The van der Waals surface area contributed by atoms with Crippen LogP contribution in [0, 0.1) is 6.92 Å².